The van der Waals surface area contributed by atoms with E-state index in [9.17, 15) is 12.8 Å². The van der Waals surface area contributed by atoms with Gasteiger partial charge in [-0.05, 0) is 12.1 Å². The third kappa shape index (κ3) is 1.72. The fourth-order valence-electron chi connectivity index (χ4n) is 0.699. The first kappa shape index (κ1) is 8.95. The molecule has 0 heterocycles. The lowest BCUT2D eigenvalue weighted by atomic mass is 10.3. The molecular weight excluding hydrogens is 187 g/mol. The van der Waals surface area contributed by atoms with Crippen molar-refractivity contribution in [1.82, 2.24) is 0 Å². The van der Waals surface area contributed by atoms with E-state index in [2.05, 4.69) is 0 Å². The largest absolute Gasteiger partial charge is 0.508 e. The monoisotopic (exact) mass is 192 g/mol. The molecule has 0 amide bonds. The van der Waals surface area contributed by atoms with Crippen LogP contribution in [0, 0.1) is 5.82 Å². The zero-order valence-electron chi connectivity index (χ0n) is 5.73. The second kappa shape index (κ2) is 2.72. The van der Waals surface area contributed by atoms with E-state index in [0.29, 0.717) is 6.07 Å². The fourth-order valence-corrected chi connectivity index (χ4v) is 1.24. The molecule has 1 rings (SSSR count). The maximum atomic E-state index is 12.6. The van der Waals surface area contributed by atoms with Gasteiger partial charge in [-0.25, -0.2) is 4.39 Å². The molecule has 4 nitrogen and oxygen atoms in total. The molecule has 0 unspecified atom stereocenters. The molecule has 0 aliphatic carbocycles. The molecule has 12 heavy (non-hydrogen) atoms. The summed E-state index contributed by atoms with van der Waals surface area (Å²) in [7, 11) is -4.54. The van der Waals surface area contributed by atoms with E-state index in [-0.39, 0.29) is 0 Å². The lowest BCUT2D eigenvalue weighted by molar-refractivity contribution is 0.458. The van der Waals surface area contributed by atoms with Crippen LogP contribution in [-0.2, 0) is 10.1 Å². The van der Waals surface area contributed by atoms with Crippen LogP contribution in [-0.4, -0.2) is 18.1 Å². The molecule has 6 heteroatoms. The summed E-state index contributed by atoms with van der Waals surface area (Å²) in [5.41, 5.74) is 0. The Hall–Kier alpha value is -1.14. The van der Waals surface area contributed by atoms with Crippen LogP contribution >= 0.6 is 0 Å². The molecule has 0 saturated heterocycles. The summed E-state index contributed by atoms with van der Waals surface area (Å²) in [6.45, 7) is 0. The van der Waals surface area contributed by atoms with Gasteiger partial charge in [0.25, 0.3) is 10.1 Å². The van der Waals surface area contributed by atoms with Crippen molar-refractivity contribution in [3.8, 4) is 5.75 Å². The highest BCUT2D eigenvalue weighted by Crippen LogP contribution is 2.18. The summed E-state index contributed by atoms with van der Waals surface area (Å²) < 4.78 is 41.9. The van der Waals surface area contributed by atoms with Crippen molar-refractivity contribution in [2.75, 3.05) is 0 Å². The van der Waals surface area contributed by atoms with Gasteiger partial charge in [0.15, 0.2) is 0 Å². The van der Waals surface area contributed by atoms with Crippen molar-refractivity contribution in [3.05, 3.63) is 24.0 Å². The lowest BCUT2D eigenvalue weighted by Gasteiger charge is -1.98. The van der Waals surface area contributed by atoms with E-state index in [4.69, 9.17) is 9.66 Å². The van der Waals surface area contributed by atoms with Crippen LogP contribution in [0.5, 0.6) is 5.75 Å². The van der Waals surface area contributed by atoms with Crippen molar-refractivity contribution >= 4 is 10.1 Å². The second-order valence-electron chi connectivity index (χ2n) is 2.09. The minimum absolute atomic E-state index is 0.403. The van der Waals surface area contributed by atoms with Crippen LogP contribution in [0.15, 0.2) is 23.1 Å². The molecule has 1 aromatic carbocycles. The second-order valence-corrected chi connectivity index (χ2v) is 3.48. The summed E-state index contributed by atoms with van der Waals surface area (Å²) in [5, 5.41) is 8.69. The minimum Gasteiger partial charge on any atom is -0.508 e. The molecule has 0 spiro atoms. The number of phenols is 1. The van der Waals surface area contributed by atoms with E-state index >= 15 is 0 Å². The summed E-state index contributed by atoms with van der Waals surface area (Å²) in [6.07, 6.45) is 0. The molecule has 66 valence electrons. The van der Waals surface area contributed by atoms with Gasteiger partial charge in [-0.3, -0.25) is 4.55 Å². The molecule has 2 N–H and O–H groups in total. The van der Waals surface area contributed by atoms with Gasteiger partial charge in [0.1, 0.15) is 16.5 Å². The van der Waals surface area contributed by atoms with Crippen LogP contribution in [0.3, 0.4) is 0 Å². The highest BCUT2D eigenvalue weighted by atomic mass is 32.2. The number of hydrogen-bond acceptors (Lipinski definition) is 3. The third-order valence-electron chi connectivity index (χ3n) is 1.19. The summed E-state index contributed by atoms with van der Waals surface area (Å²) >= 11 is 0. The van der Waals surface area contributed by atoms with E-state index in [1.54, 1.807) is 0 Å². The van der Waals surface area contributed by atoms with Gasteiger partial charge in [0.05, 0.1) is 0 Å². The number of rotatable bonds is 1. The molecule has 0 aromatic heterocycles. The number of halogens is 1. The van der Waals surface area contributed by atoms with E-state index < -0.39 is 26.6 Å². The number of phenolic OH excluding ortho intramolecular Hbond substituents is 1. The van der Waals surface area contributed by atoms with E-state index in [1.807, 2.05) is 0 Å². The van der Waals surface area contributed by atoms with Crippen LogP contribution < -0.4 is 0 Å². The van der Waals surface area contributed by atoms with Gasteiger partial charge in [-0.2, -0.15) is 8.42 Å². The average molecular weight is 192 g/mol. The molecule has 0 fully saturated rings. The number of hydrogen-bond donors (Lipinski definition) is 2. The first-order valence-corrected chi connectivity index (χ1v) is 4.31. The van der Waals surface area contributed by atoms with Crippen LogP contribution in [0.1, 0.15) is 0 Å². The van der Waals surface area contributed by atoms with Gasteiger partial charge in [-0.1, -0.05) is 0 Å². The SMILES string of the molecule is O=S(=O)(O)c1ccc(O)cc1F. The van der Waals surface area contributed by atoms with Gasteiger partial charge < -0.3 is 5.11 Å². The Balaban J connectivity index is 3.39. The first-order valence-electron chi connectivity index (χ1n) is 2.87. The quantitative estimate of drug-likeness (QED) is 0.644. The summed E-state index contributed by atoms with van der Waals surface area (Å²) in [4.78, 5) is -0.847. The predicted octanol–water partition coefficient (Wildman–Crippen LogP) is 0.778. The Morgan fingerprint density at radius 1 is 1.33 bits per heavy atom. The molecule has 0 atom stereocenters. The van der Waals surface area contributed by atoms with Gasteiger partial charge >= 0.3 is 0 Å². The predicted molar refractivity (Wildman–Crippen MR) is 37.9 cm³/mol. The zero-order chi connectivity index (χ0) is 9.35. The van der Waals surface area contributed by atoms with E-state index in [1.165, 1.54) is 0 Å². The fraction of sp³-hybridized carbons (Fsp3) is 0. The van der Waals surface area contributed by atoms with Crippen molar-refractivity contribution < 1.29 is 22.5 Å². The molecule has 0 bridgehead atoms. The van der Waals surface area contributed by atoms with Gasteiger partial charge in [-0.15, -0.1) is 0 Å². The molecule has 0 radical (unpaired) electrons. The smallest absolute Gasteiger partial charge is 0.297 e. The van der Waals surface area contributed by atoms with Crippen LogP contribution in [0.2, 0.25) is 0 Å². The maximum Gasteiger partial charge on any atom is 0.297 e. The normalized spacial score (nSPS) is 11.5. The Morgan fingerprint density at radius 2 is 1.92 bits per heavy atom. The number of aromatic hydroxyl groups is 1. The van der Waals surface area contributed by atoms with Crippen LogP contribution in [0.4, 0.5) is 4.39 Å². The number of benzene rings is 1. The van der Waals surface area contributed by atoms with Crippen molar-refractivity contribution in [2.45, 2.75) is 4.90 Å². The third-order valence-corrected chi connectivity index (χ3v) is 2.08. The minimum atomic E-state index is -4.54. The summed E-state index contributed by atoms with van der Waals surface area (Å²) in [6, 6.07) is 2.34. The Morgan fingerprint density at radius 3 is 2.33 bits per heavy atom. The Bertz CT molecular complexity index is 398. The molecule has 0 aliphatic rings. The molecule has 0 saturated carbocycles. The molecular formula is C6H5FO4S. The van der Waals surface area contributed by atoms with Crippen molar-refractivity contribution in [1.29, 1.82) is 0 Å². The van der Waals surface area contributed by atoms with Gasteiger partial charge in [0.2, 0.25) is 0 Å². The highest BCUT2D eigenvalue weighted by Gasteiger charge is 2.15. The molecule has 1 aromatic rings. The van der Waals surface area contributed by atoms with Gasteiger partial charge in [0, 0.05) is 6.07 Å². The van der Waals surface area contributed by atoms with Crippen LogP contribution in [0.25, 0.3) is 0 Å². The summed E-state index contributed by atoms with van der Waals surface area (Å²) in [5.74, 6) is -1.59. The molecule has 0 aliphatic heterocycles. The van der Waals surface area contributed by atoms with Crippen molar-refractivity contribution in [3.63, 3.8) is 0 Å². The maximum absolute atomic E-state index is 12.6. The Labute approximate surface area is 68.0 Å². The first-order chi connectivity index (χ1) is 5.41. The topological polar surface area (TPSA) is 74.6 Å². The zero-order valence-corrected chi connectivity index (χ0v) is 6.55. The lowest BCUT2D eigenvalue weighted by Crippen LogP contribution is -2.00. The Kier molecular flexibility index (Phi) is 2.03. The average Bonchev–Trinajstić information content (AvgIpc) is 1.83. The van der Waals surface area contributed by atoms with Crippen molar-refractivity contribution in [2.24, 2.45) is 0 Å². The van der Waals surface area contributed by atoms with E-state index in [0.717, 1.165) is 12.1 Å². The standard InChI is InChI=1S/C6H5FO4S/c7-5-3-4(8)1-2-6(5)12(9,10)11/h1-3,8H,(H,9,10,11). The highest BCUT2D eigenvalue weighted by molar-refractivity contribution is 7.85.